The van der Waals surface area contributed by atoms with Crippen molar-refractivity contribution in [1.82, 2.24) is 0 Å². The SMILES string of the molecule is CCOC(=O)C(=O)[C@H](C)Br. The van der Waals surface area contributed by atoms with Crippen LogP contribution in [-0.2, 0) is 14.3 Å². The van der Waals surface area contributed by atoms with Gasteiger partial charge in [0, 0.05) is 0 Å². The molecule has 0 aromatic rings. The normalized spacial score (nSPS) is 12.3. The predicted octanol–water partition coefficient (Wildman–Crippen LogP) is 0.902. The predicted molar refractivity (Wildman–Crippen MR) is 40.0 cm³/mol. The minimum absolute atomic E-state index is 0.240. The Morgan fingerprint density at radius 1 is 1.60 bits per heavy atom. The summed E-state index contributed by atoms with van der Waals surface area (Å²) in [6.07, 6.45) is 0. The molecule has 0 fully saturated rings. The first kappa shape index (κ1) is 9.62. The molecule has 0 heterocycles. The number of Topliss-reactive ketones (excluding diaryl/α,β-unsaturated/α-hetero) is 1. The van der Waals surface area contributed by atoms with Crippen molar-refractivity contribution in [3.63, 3.8) is 0 Å². The molecule has 0 aliphatic carbocycles. The Kier molecular flexibility index (Phi) is 4.27. The highest BCUT2D eigenvalue weighted by Crippen LogP contribution is 1.99. The summed E-state index contributed by atoms with van der Waals surface area (Å²) in [6, 6.07) is 0. The van der Waals surface area contributed by atoms with Crippen LogP contribution in [-0.4, -0.2) is 23.2 Å². The third kappa shape index (κ3) is 2.96. The Morgan fingerprint density at radius 2 is 2.10 bits per heavy atom. The Labute approximate surface area is 67.9 Å². The number of alkyl halides is 1. The number of hydrogen-bond donors (Lipinski definition) is 0. The van der Waals surface area contributed by atoms with E-state index in [2.05, 4.69) is 20.7 Å². The van der Waals surface area contributed by atoms with E-state index in [1.54, 1.807) is 13.8 Å². The van der Waals surface area contributed by atoms with E-state index in [0.717, 1.165) is 0 Å². The molecule has 1 atom stereocenters. The molecular weight excluding hydrogens is 200 g/mol. The fraction of sp³-hybridized carbons (Fsp3) is 0.667. The van der Waals surface area contributed by atoms with Crippen molar-refractivity contribution in [1.29, 1.82) is 0 Å². The number of hydrogen-bond acceptors (Lipinski definition) is 3. The average molecular weight is 209 g/mol. The first-order valence-corrected chi connectivity index (χ1v) is 3.86. The van der Waals surface area contributed by atoms with Crippen LogP contribution in [0.5, 0.6) is 0 Å². The van der Waals surface area contributed by atoms with Gasteiger partial charge in [-0.25, -0.2) is 4.79 Å². The van der Waals surface area contributed by atoms with Gasteiger partial charge in [0.05, 0.1) is 11.4 Å². The molecular formula is C6H9BrO3. The maximum absolute atomic E-state index is 10.7. The largest absolute Gasteiger partial charge is 0.460 e. The van der Waals surface area contributed by atoms with Gasteiger partial charge >= 0.3 is 5.97 Å². The number of halogens is 1. The highest BCUT2D eigenvalue weighted by Gasteiger charge is 2.19. The molecule has 0 spiro atoms. The molecule has 0 rings (SSSR count). The molecule has 0 bridgehead atoms. The Balaban J connectivity index is 3.83. The van der Waals surface area contributed by atoms with Crippen LogP contribution < -0.4 is 0 Å². The van der Waals surface area contributed by atoms with Crippen molar-refractivity contribution in [2.75, 3.05) is 6.61 Å². The highest BCUT2D eigenvalue weighted by molar-refractivity contribution is 9.10. The van der Waals surface area contributed by atoms with Crippen molar-refractivity contribution < 1.29 is 14.3 Å². The number of carbonyl (C=O) groups is 2. The molecule has 4 heteroatoms. The van der Waals surface area contributed by atoms with Crippen LogP contribution in [0.15, 0.2) is 0 Å². The summed E-state index contributed by atoms with van der Waals surface area (Å²) in [4.78, 5) is 20.8. The van der Waals surface area contributed by atoms with Crippen molar-refractivity contribution in [2.45, 2.75) is 18.7 Å². The van der Waals surface area contributed by atoms with Gasteiger partial charge in [-0.3, -0.25) is 4.79 Å². The van der Waals surface area contributed by atoms with Crippen LogP contribution in [0.2, 0.25) is 0 Å². The zero-order valence-corrected chi connectivity index (χ0v) is 7.47. The van der Waals surface area contributed by atoms with Gasteiger partial charge in [0.25, 0.3) is 5.78 Å². The number of carbonyl (C=O) groups excluding carboxylic acids is 2. The summed E-state index contributed by atoms with van der Waals surface area (Å²) in [5.41, 5.74) is 0. The van der Waals surface area contributed by atoms with Gasteiger partial charge in [-0.1, -0.05) is 15.9 Å². The zero-order chi connectivity index (χ0) is 8.15. The molecule has 0 aromatic heterocycles. The average Bonchev–Trinajstić information content (AvgIpc) is 1.87. The molecule has 0 N–H and O–H groups in total. The van der Waals surface area contributed by atoms with Crippen LogP contribution in [0.4, 0.5) is 0 Å². The van der Waals surface area contributed by atoms with E-state index in [9.17, 15) is 9.59 Å². The first-order chi connectivity index (χ1) is 4.59. The molecule has 0 radical (unpaired) electrons. The molecule has 0 aliphatic heterocycles. The number of rotatable bonds is 3. The highest BCUT2D eigenvalue weighted by atomic mass is 79.9. The third-order valence-electron chi connectivity index (χ3n) is 0.838. The lowest BCUT2D eigenvalue weighted by Crippen LogP contribution is -2.23. The molecule has 0 aliphatic rings. The second-order valence-corrected chi connectivity index (χ2v) is 3.07. The minimum Gasteiger partial charge on any atom is -0.460 e. The maximum Gasteiger partial charge on any atom is 0.375 e. The summed E-state index contributed by atoms with van der Waals surface area (Å²) in [5.74, 6) is -1.31. The zero-order valence-electron chi connectivity index (χ0n) is 5.89. The fourth-order valence-corrected chi connectivity index (χ4v) is 0.552. The van der Waals surface area contributed by atoms with Crippen LogP contribution >= 0.6 is 15.9 Å². The lowest BCUT2D eigenvalue weighted by atomic mass is 10.3. The van der Waals surface area contributed by atoms with Crippen LogP contribution in [0, 0.1) is 0 Å². The fourth-order valence-electron chi connectivity index (χ4n) is 0.365. The summed E-state index contributed by atoms with van der Waals surface area (Å²) >= 11 is 2.96. The van der Waals surface area contributed by atoms with E-state index < -0.39 is 16.6 Å². The topological polar surface area (TPSA) is 43.4 Å². The summed E-state index contributed by atoms with van der Waals surface area (Å²) in [6.45, 7) is 3.48. The van der Waals surface area contributed by atoms with Crippen LogP contribution in [0.25, 0.3) is 0 Å². The van der Waals surface area contributed by atoms with Gasteiger partial charge in [0.2, 0.25) is 0 Å². The minimum atomic E-state index is -0.771. The van der Waals surface area contributed by atoms with Crippen molar-refractivity contribution in [2.24, 2.45) is 0 Å². The van der Waals surface area contributed by atoms with Gasteiger partial charge in [-0.15, -0.1) is 0 Å². The van der Waals surface area contributed by atoms with Crippen LogP contribution in [0.1, 0.15) is 13.8 Å². The Hall–Kier alpha value is -0.380. The Morgan fingerprint density at radius 3 is 2.40 bits per heavy atom. The second kappa shape index (κ2) is 4.44. The quantitative estimate of drug-likeness (QED) is 0.394. The molecule has 3 nitrogen and oxygen atoms in total. The monoisotopic (exact) mass is 208 g/mol. The van der Waals surface area contributed by atoms with E-state index >= 15 is 0 Å². The second-order valence-electron chi connectivity index (χ2n) is 1.70. The number of ketones is 1. The molecule has 0 unspecified atom stereocenters. The standard InChI is InChI=1S/C6H9BrO3/c1-3-10-6(9)5(8)4(2)7/h4H,3H2,1-2H3/t4-/m0/s1. The molecule has 58 valence electrons. The summed E-state index contributed by atoms with van der Waals surface area (Å²) in [5, 5.41) is 0. The number of esters is 1. The van der Waals surface area contributed by atoms with Gasteiger partial charge in [-0.05, 0) is 13.8 Å². The molecule has 0 saturated heterocycles. The molecule has 10 heavy (non-hydrogen) atoms. The maximum atomic E-state index is 10.7. The van der Waals surface area contributed by atoms with E-state index in [1.807, 2.05) is 0 Å². The summed E-state index contributed by atoms with van der Waals surface area (Å²) in [7, 11) is 0. The lowest BCUT2D eigenvalue weighted by molar-refractivity contribution is -0.153. The smallest absolute Gasteiger partial charge is 0.375 e. The van der Waals surface area contributed by atoms with Crippen molar-refractivity contribution >= 4 is 27.7 Å². The van der Waals surface area contributed by atoms with E-state index in [-0.39, 0.29) is 6.61 Å². The first-order valence-electron chi connectivity index (χ1n) is 2.94. The van der Waals surface area contributed by atoms with Gasteiger partial charge in [0.1, 0.15) is 0 Å². The van der Waals surface area contributed by atoms with E-state index in [0.29, 0.717) is 0 Å². The summed E-state index contributed by atoms with van der Waals surface area (Å²) < 4.78 is 4.45. The Bertz CT molecular complexity index is 142. The van der Waals surface area contributed by atoms with Gasteiger partial charge in [-0.2, -0.15) is 0 Å². The molecule has 0 saturated carbocycles. The van der Waals surface area contributed by atoms with Crippen LogP contribution in [0.3, 0.4) is 0 Å². The van der Waals surface area contributed by atoms with Gasteiger partial charge < -0.3 is 4.74 Å². The van der Waals surface area contributed by atoms with E-state index in [1.165, 1.54) is 0 Å². The van der Waals surface area contributed by atoms with Crippen molar-refractivity contribution in [3.8, 4) is 0 Å². The number of ether oxygens (including phenoxy) is 1. The lowest BCUT2D eigenvalue weighted by Gasteiger charge is -2.00. The molecule has 0 aromatic carbocycles. The van der Waals surface area contributed by atoms with E-state index in [4.69, 9.17) is 0 Å². The van der Waals surface area contributed by atoms with Crippen molar-refractivity contribution in [3.05, 3.63) is 0 Å². The van der Waals surface area contributed by atoms with Gasteiger partial charge in [0.15, 0.2) is 0 Å². The molecule has 0 amide bonds. The third-order valence-corrected chi connectivity index (χ3v) is 1.25.